The van der Waals surface area contributed by atoms with Crippen LogP contribution < -0.4 is 14.8 Å². The number of nitrogens with one attached hydrogen (secondary N) is 1. The standard InChI is InChI=1S/C21H21NO4/c1-24-17-6-7-18-16(13-26-20(18)10-17)9-21(23)22-11-14-8-15-4-2-3-5-19(15)25-12-14/h2-7,10,13-14H,8-9,11-12H2,1H3,(H,22,23)/t14-/m0/s1. The van der Waals surface area contributed by atoms with E-state index in [1.54, 1.807) is 13.4 Å². The Morgan fingerprint density at radius 2 is 2.15 bits per heavy atom. The molecule has 1 amide bonds. The van der Waals surface area contributed by atoms with Crippen LogP contribution in [0.25, 0.3) is 11.0 Å². The van der Waals surface area contributed by atoms with E-state index in [1.807, 2.05) is 36.4 Å². The molecule has 0 aliphatic carbocycles. The van der Waals surface area contributed by atoms with Gasteiger partial charge in [0.1, 0.15) is 17.1 Å². The van der Waals surface area contributed by atoms with E-state index in [4.69, 9.17) is 13.9 Å². The Hall–Kier alpha value is -2.95. The topological polar surface area (TPSA) is 60.7 Å². The monoisotopic (exact) mass is 351 g/mol. The van der Waals surface area contributed by atoms with Gasteiger partial charge in [0, 0.05) is 29.5 Å². The third kappa shape index (κ3) is 3.38. The summed E-state index contributed by atoms with van der Waals surface area (Å²) >= 11 is 0. The van der Waals surface area contributed by atoms with Crippen molar-refractivity contribution in [1.29, 1.82) is 0 Å². The fraction of sp³-hybridized carbons (Fsp3) is 0.286. The van der Waals surface area contributed by atoms with E-state index in [1.165, 1.54) is 5.56 Å². The maximum Gasteiger partial charge on any atom is 0.224 e. The third-order valence-corrected chi connectivity index (χ3v) is 4.76. The average Bonchev–Trinajstić information content (AvgIpc) is 3.08. The molecule has 26 heavy (non-hydrogen) atoms. The van der Waals surface area contributed by atoms with E-state index in [9.17, 15) is 4.79 Å². The number of hydrogen-bond donors (Lipinski definition) is 1. The second-order valence-corrected chi connectivity index (χ2v) is 6.59. The van der Waals surface area contributed by atoms with Gasteiger partial charge in [-0.2, -0.15) is 0 Å². The molecule has 5 heteroatoms. The fourth-order valence-electron chi connectivity index (χ4n) is 3.34. The van der Waals surface area contributed by atoms with Gasteiger partial charge in [-0.25, -0.2) is 0 Å². The summed E-state index contributed by atoms with van der Waals surface area (Å²) in [6, 6.07) is 13.7. The van der Waals surface area contributed by atoms with Gasteiger partial charge in [0.05, 0.1) is 26.4 Å². The molecule has 0 saturated carbocycles. The number of rotatable bonds is 5. The Bertz CT molecular complexity index is 931. The summed E-state index contributed by atoms with van der Waals surface area (Å²) in [7, 11) is 1.62. The summed E-state index contributed by atoms with van der Waals surface area (Å²) in [4.78, 5) is 12.3. The number of hydrogen-bond acceptors (Lipinski definition) is 4. The van der Waals surface area contributed by atoms with Gasteiger partial charge in [-0.15, -0.1) is 0 Å². The molecule has 0 bridgehead atoms. The van der Waals surface area contributed by atoms with E-state index in [0.29, 0.717) is 25.5 Å². The summed E-state index contributed by atoms with van der Waals surface area (Å²) in [5.41, 5.74) is 2.81. The molecule has 134 valence electrons. The molecular formula is C21H21NO4. The van der Waals surface area contributed by atoms with Crippen molar-refractivity contribution in [2.75, 3.05) is 20.3 Å². The van der Waals surface area contributed by atoms with E-state index in [2.05, 4.69) is 11.4 Å². The lowest BCUT2D eigenvalue weighted by molar-refractivity contribution is -0.120. The Kier molecular flexibility index (Phi) is 4.52. The minimum atomic E-state index is -0.0117. The molecule has 2 aromatic carbocycles. The molecule has 0 unspecified atom stereocenters. The molecule has 1 atom stereocenters. The van der Waals surface area contributed by atoms with E-state index < -0.39 is 0 Å². The molecule has 0 radical (unpaired) electrons. The van der Waals surface area contributed by atoms with Gasteiger partial charge in [-0.3, -0.25) is 4.79 Å². The van der Waals surface area contributed by atoms with Crippen LogP contribution in [0.3, 0.4) is 0 Å². The van der Waals surface area contributed by atoms with Crippen LogP contribution in [0.2, 0.25) is 0 Å². The quantitative estimate of drug-likeness (QED) is 0.766. The highest BCUT2D eigenvalue weighted by Gasteiger charge is 2.20. The van der Waals surface area contributed by atoms with Crippen LogP contribution in [0.4, 0.5) is 0 Å². The van der Waals surface area contributed by atoms with E-state index >= 15 is 0 Å². The lowest BCUT2D eigenvalue weighted by Gasteiger charge is -2.25. The van der Waals surface area contributed by atoms with Crippen molar-refractivity contribution in [2.45, 2.75) is 12.8 Å². The number of furan rings is 1. The zero-order valence-corrected chi connectivity index (χ0v) is 14.7. The number of para-hydroxylation sites is 1. The fourth-order valence-corrected chi connectivity index (χ4v) is 3.34. The predicted octanol–water partition coefficient (Wildman–Crippen LogP) is 3.35. The van der Waals surface area contributed by atoms with Gasteiger partial charge in [-0.05, 0) is 30.2 Å². The molecule has 4 rings (SSSR count). The first kappa shape index (κ1) is 16.5. The van der Waals surface area contributed by atoms with Crippen molar-refractivity contribution < 1.29 is 18.7 Å². The van der Waals surface area contributed by atoms with Gasteiger partial charge < -0.3 is 19.2 Å². The largest absolute Gasteiger partial charge is 0.497 e. The summed E-state index contributed by atoms with van der Waals surface area (Å²) in [5, 5.41) is 3.96. The maximum absolute atomic E-state index is 12.3. The Labute approximate surface area is 151 Å². The second kappa shape index (κ2) is 7.12. The number of methoxy groups -OCH3 is 1. The van der Waals surface area contributed by atoms with Crippen LogP contribution in [0.1, 0.15) is 11.1 Å². The summed E-state index contributed by atoms with van der Waals surface area (Å²) in [6.45, 7) is 1.24. The van der Waals surface area contributed by atoms with Crippen molar-refractivity contribution in [1.82, 2.24) is 5.32 Å². The first-order valence-corrected chi connectivity index (χ1v) is 8.74. The third-order valence-electron chi connectivity index (χ3n) is 4.76. The zero-order chi connectivity index (χ0) is 17.9. The van der Waals surface area contributed by atoms with E-state index in [-0.39, 0.29) is 5.91 Å². The van der Waals surface area contributed by atoms with Crippen LogP contribution in [0.5, 0.6) is 11.5 Å². The van der Waals surface area contributed by atoms with Crippen LogP contribution in [0.15, 0.2) is 53.1 Å². The van der Waals surface area contributed by atoms with Crippen molar-refractivity contribution in [3.05, 3.63) is 59.9 Å². The lowest BCUT2D eigenvalue weighted by atomic mass is 9.96. The SMILES string of the molecule is COc1ccc2c(CC(=O)NC[C@H]3COc4ccccc4C3)coc2c1. The van der Waals surface area contributed by atoms with Crippen LogP contribution in [-0.4, -0.2) is 26.2 Å². The van der Waals surface area contributed by atoms with Gasteiger partial charge in [-0.1, -0.05) is 18.2 Å². The number of fused-ring (bicyclic) bond motifs is 2. The van der Waals surface area contributed by atoms with Gasteiger partial charge in [0.15, 0.2) is 0 Å². The number of benzene rings is 2. The normalized spacial score (nSPS) is 16.0. The number of ether oxygens (including phenoxy) is 2. The first-order valence-electron chi connectivity index (χ1n) is 8.74. The number of amides is 1. The van der Waals surface area contributed by atoms with Gasteiger partial charge in [0.25, 0.3) is 0 Å². The van der Waals surface area contributed by atoms with Crippen molar-refractivity contribution >= 4 is 16.9 Å². The Balaban J connectivity index is 1.35. The molecule has 5 nitrogen and oxygen atoms in total. The average molecular weight is 351 g/mol. The van der Waals surface area contributed by atoms with Crippen LogP contribution >= 0.6 is 0 Å². The Morgan fingerprint density at radius 3 is 3.04 bits per heavy atom. The minimum absolute atomic E-state index is 0.0117. The van der Waals surface area contributed by atoms with Gasteiger partial charge in [0.2, 0.25) is 5.91 Å². The molecule has 1 aliphatic rings. The van der Waals surface area contributed by atoms with E-state index in [0.717, 1.165) is 34.5 Å². The highest BCUT2D eigenvalue weighted by molar-refractivity contribution is 5.88. The van der Waals surface area contributed by atoms with Crippen LogP contribution in [-0.2, 0) is 17.6 Å². The van der Waals surface area contributed by atoms with Crippen molar-refractivity contribution in [2.24, 2.45) is 5.92 Å². The molecule has 1 aromatic heterocycles. The zero-order valence-electron chi connectivity index (χ0n) is 14.7. The highest BCUT2D eigenvalue weighted by Crippen LogP contribution is 2.27. The molecule has 2 heterocycles. The van der Waals surface area contributed by atoms with Crippen molar-refractivity contribution in [3.8, 4) is 11.5 Å². The molecule has 3 aromatic rings. The molecule has 0 saturated heterocycles. The lowest BCUT2D eigenvalue weighted by Crippen LogP contribution is -2.35. The highest BCUT2D eigenvalue weighted by atomic mass is 16.5. The number of carbonyl (C=O) groups is 1. The minimum Gasteiger partial charge on any atom is -0.497 e. The summed E-state index contributed by atoms with van der Waals surface area (Å²) in [6.07, 6.45) is 2.86. The first-order chi connectivity index (χ1) is 12.7. The maximum atomic E-state index is 12.3. The smallest absolute Gasteiger partial charge is 0.224 e. The molecule has 1 N–H and O–H groups in total. The number of carbonyl (C=O) groups excluding carboxylic acids is 1. The van der Waals surface area contributed by atoms with Crippen LogP contribution in [0, 0.1) is 5.92 Å². The molecule has 0 spiro atoms. The van der Waals surface area contributed by atoms with Crippen molar-refractivity contribution in [3.63, 3.8) is 0 Å². The summed E-state index contributed by atoms with van der Waals surface area (Å²) < 4.78 is 16.5. The summed E-state index contributed by atoms with van der Waals surface area (Å²) in [5.74, 6) is 1.97. The molecule has 0 fully saturated rings. The Morgan fingerprint density at radius 1 is 1.27 bits per heavy atom. The van der Waals surface area contributed by atoms with Gasteiger partial charge >= 0.3 is 0 Å². The molecule has 1 aliphatic heterocycles. The molecular weight excluding hydrogens is 330 g/mol. The second-order valence-electron chi connectivity index (χ2n) is 6.59. The predicted molar refractivity (Wildman–Crippen MR) is 98.6 cm³/mol.